The van der Waals surface area contributed by atoms with Crippen LogP contribution in [0.15, 0.2) is 24.3 Å². The second kappa shape index (κ2) is 3.81. The molecule has 0 spiro atoms. The SMILES string of the molecule is N=C1CCCN1c1ccc(C(F)(F)F)cc1. The minimum Gasteiger partial charge on any atom is -0.330 e. The van der Waals surface area contributed by atoms with Crippen molar-refractivity contribution in [1.29, 1.82) is 5.41 Å². The van der Waals surface area contributed by atoms with Crippen LogP contribution < -0.4 is 4.90 Å². The highest BCUT2D eigenvalue weighted by Crippen LogP contribution is 2.31. The summed E-state index contributed by atoms with van der Waals surface area (Å²) in [6.45, 7) is 0.712. The number of nitrogens with zero attached hydrogens (tertiary/aromatic N) is 1. The highest BCUT2D eigenvalue weighted by atomic mass is 19.4. The number of nitrogens with one attached hydrogen (secondary N) is 1. The first kappa shape index (κ1) is 11.0. The van der Waals surface area contributed by atoms with E-state index in [2.05, 4.69) is 0 Å². The van der Waals surface area contributed by atoms with E-state index in [1.165, 1.54) is 12.1 Å². The van der Waals surface area contributed by atoms with Gasteiger partial charge in [0.2, 0.25) is 0 Å². The smallest absolute Gasteiger partial charge is 0.330 e. The van der Waals surface area contributed by atoms with E-state index in [9.17, 15) is 13.2 Å². The second-order valence-corrected chi connectivity index (χ2v) is 3.75. The van der Waals surface area contributed by atoms with E-state index < -0.39 is 11.7 Å². The molecule has 2 rings (SSSR count). The van der Waals surface area contributed by atoms with Crippen LogP contribution in [0.3, 0.4) is 0 Å². The second-order valence-electron chi connectivity index (χ2n) is 3.75. The molecule has 1 saturated heterocycles. The summed E-state index contributed by atoms with van der Waals surface area (Å²) in [7, 11) is 0. The van der Waals surface area contributed by atoms with Gasteiger partial charge in [-0.2, -0.15) is 13.2 Å². The monoisotopic (exact) mass is 228 g/mol. The highest BCUT2D eigenvalue weighted by Gasteiger charge is 2.30. The number of rotatable bonds is 1. The number of benzene rings is 1. The Morgan fingerprint density at radius 2 is 1.75 bits per heavy atom. The zero-order valence-corrected chi connectivity index (χ0v) is 8.51. The fraction of sp³-hybridized carbons (Fsp3) is 0.364. The number of alkyl halides is 3. The Hall–Kier alpha value is -1.52. The predicted octanol–water partition coefficient (Wildman–Crippen LogP) is 3.28. The maximum atomic E-state index is 12.3. The molecular formula is C11H11F3N2. The lowest BCUT2D eigenvalue weighted by atomic mass is 10.2. The molecule has 86 valence electrons. The molecule has 0 aliphatic carbocycles. The standard InChI is InChI=1S/C11H11F3N2/c12-11(13,14)8-3-5-9(6-4-8)16-7-1-2-10(16)15/h3-6,15H,1-2,7H2. The molecule has 1 fully saturated rings. The van der Waals surface area contributed by atoms with E-state index in [1.807, 2.05) is 0 Å². The van der Waals surface area contributed by atoms with E-state index in [-0.39, 0.29) is 0 Å². The predicted molar refractivity (Wildman–Crippen MR) is 55.8 cm³/mol. The van der Waals surface area contributed by atoms with Gasteiger partial charge >= 0.3 is 6.18 Å². The van der Waals surface area contributed by atoms with Crippen LogP contribution >= 0.6 is 0 Å². The molecule has 16 heavy (non-hydrogen) atoms. The molecule has 1 aliphatic rings. The lowest BCUT2D eigenvalue weighted by Gasteiger charge is -2.18. The zero-order chi connectivity index (χ0) is 11.8. The van der Waals surface area contributed by atoms with Crippen molar-refractivity contribution in [3.63, 3.8) is 0 Å². The molecule has 0 unspecified atom stereocenters. The molecule has 5 heteroatoms. The fourth-order valence-corrected chi connectivity index (χ4v) is 1.79. The van der Waals surface area contributed by atoms with Crippen molar-refractivity contribution in [3.8, 4) is 0 Å². The first-order valence-corrected chi connectivity index (χ1v) is 5.01. The largest absolute Gasteiger partial charge is 0.416 e. The van der Waals surface area contributed by atoms with E-state index >= 15 is 0 Å². The molecule has 2 nitrogen and oxygen atoms in total. The normalized spacial score (nSPS) is 16.9. The van der Waals surface area contributed by atoms with Crippen molar-refractivity contribution >= 4 is 11.5 Å². The number of halogens is 3. The average molecular weight is 228 g/mol. The molecule has 0 bridgehead atoms. The topological polar surface area (TPSA) is 27.1 Å². The molecular weight excluding hydrogens is 217 g/mol. The van der Waals surface area contributed by atoms with Crippen LogP contribution in [-0.2, 0) is 6.18 Å². The molecule has 0 saturated carbocycles. The average Bonchev–Trinajstić information content (AvgIpc) is 2.63. The van der Waals surface area contributed by atoms with Crippen molar-refractivity contribution in [1.82, 2.24) is 0 Å². The zero-order valence-electron chi connectivity index (χ0n) is 8.51. The lowest BCUT2D eigenvalue weighted by Crippen LogP contribution is -2.23. The van der Waals surface area contributed by atoms with E-state index in [1.54, 1.807) is 4.90 Å². The van der Waals surface area contributed by atoms with Crippen molar-refractivity contribution in [2.24, 2.45) is 0 Å². The third-order valence-electron chi connectivity index (χ3n) is 2.63. The van der Waals surface area contributed by atoms with Gasteiger partial charge in [-0.15, -0.1) is 0 Å². The number of anilines is 1. The minimum absolute atomic E-state index is 0.472. The van der Waals surface area contributed by atoms with Crippen molar-refractivity contribution in [3.05, 3.63) is 29.8 Å². The molecule has 1 aromatic rings. The number of amidine groups is 1. The van der Waals surface area contributed by atoms with Gasteiger partial charge in [-0.1, -0.05) is 0 Å². The Balaban J connectivity index is 2.22. The van der Waals surface area contributed by atoms with Gasteiger partial charge in [-0.25, -0.2) is 0 Å². The summed E-state index contributed by atoms with van der Waals surface area (Å²) in [5.74, 6) is 0.472. The van der Waals surface area contributed by atoms with Gasteiger partial charge < -0.3 is 4.90 Å². The molecule has 1 N–H and O–H groups in total. The molecule has 1 heterocycles. The third kappa shape index (κ3) is 2.03. The van der Waals surface area contributed by atoms with Crippen molar-refractivity contribution in [2.45, 2.75) is 19.0 Å². The quantitative estimate of drug-likeness (QED) is 0.784. The Morgan fingerprint density at radius 1 is 1.12 bits per heavy atom. The molecule has 0 radical (unpaired) electrons. The van der Waals surface area contributed by atoms with Gasteiger partial charge in [0.05, 0.1) is 5.56 Å². The molecule has 0 amide bonds. The molecule has 0 atom stereocenters. The van der Waals surface area contributed by atoms with Gasteiger partial charge in [0.15, 0.2) is 0 Å². The number of hydrogen-bond acceptors (Lipinski definition) is 1. The summed E-state index contributed by atoms with van der Waals surface area (Å²) < 4.78 is 37.0. The van der Waals surface area contributed by atoms with Crippen LogP contribution in [0.1, 0.15) is 18.4 Å². The van der Waals surface area contributed by atoms with Gasteiger partial charge in [0, 0.05) is 18.7 Å². The molecule has 0 aromatic heterocycles. The van der Waals surface area contributed by atoms with Crippen LogP contribution in [0.25, 0.3) is 0 Å². The summed E-state index contributed by atoms with van der Waals surface area (Å²) in [5.41, 5.74) is 0.0116. The minimum atomic E-state index is -4.29. The first-order chi connectivity index (χ1) is 7.48. The summed E-state index contributed by atoms with van der Waals surface area (Å²) in [6, 6.07) is 4.95. The van der Waals surface area contributed by atoms with E-state index in [0.717, 1.165) is 18.6 Å². The van der Waals surface area contributed by atoms with E-state index in [0.29, 0.717) is 24.5 Å². The molecule has 1 aliphatic heterocycles. The van der Waals surface area contributed by atoms with Crippen LogP contribution in [-0.4, -0.2) is 12.4 Å². The summed E-state index contributed by atoms with van der Waals surface area (Å²) >= 11 is 0. The van der Waals surface area contributed by atoms with Gasteiger partial charge in [0.25, 0.3) is 0 Å². The fourth-order valence-electron chi connectivity index (χ4n) is 1.79. The van der Waals surface area contributed by atoms with Gasteiger partial charge in [0.1, 0.15) is 5.84 Å². The maximum Gasteiger partial charge on any atom is 0.416 e. The van der Waals surface area contributed by atoms with Crippen LogP contribution in [0.4, 0.5) is 18.9 Å². The van der Waals surface area contributed by atoms with Crippen molar-refractivity contribution in [2.75, 3.05) is 11.4 Å². The number of hydrogen-bond donors (Lipinski definition) is 1. The van der Waals surface area contributed by atoms with Crippen LogP contribution in [0, 0.1) is 5.41 Å². The lowest BCUT2D eigenvalue weighted by molar-refractivity contribution is -0.137. The highest BCUT2D eigenvalue weighted by molar-refractivity contribution is 5.97. The summed E-state index contributed by atoms with van der Waals surface area (Å²) in [5, 5.41) is 7.62. The Bertz CT molecular complexity index is 395. The van der Waals surface area contributed by atoms with Crippen LogP contribution in [0.2, 0.25) is 0 Å². The molecule has 1 aromatic carbocycles. The third-order valence-corrected chi connectivity index (χ3v) is 2.63. The maximum absolute atomic E-state index is 12.3. The Labute approximate surface area is 91.2 Å². The first-order valence-electron chi connectivity index (χ1n) is 5.01. The van der Waals surface area contributed by atoms with Crippen LogP contribution in [0.5, 0.6) is 0 Å². The summed E-state index contributed by atoms with van der Waals surface area (Å²) in [6.07, 6.45) is -2.71. The van der Waals surface area contributed by atoms with Crippen molar-refractivity contribution < 1.29 is 13.2 Å². The van der Waals surface area contributed by atoms with E-state index in [4.69, 9.17) is 5.41 Å². The summed E-state index contributed by atoms with van der Waals surface area (Å²) in [4.78, 5) is 1.74. The van der Waals surface area contributed by atoms with Gasteiger partial charge in [-0.3, -0.25) is 5.41 Å². The van der Waals surface area contributed by atoms with Gasteiger partial charge in [-0.05, 0) is 30.7 Å². The Kier molecular flexibility index (Phi) is 2.61. The Morgan fingerprint density at radius 3 is 2.19 bits per heavy atom.